The highest BCUT2D eigenvalue weighted by Gasteiger charge is 2.22. The number of amides is 1. The SMILES string of the molecule is COc1ccc(Br)cc1NC(=O)c1n[nH]c2c1CNCC2. The lowest BCUT2D eigenvalue weighted by molar-refractivity contribution is 0.102. The van der Waals surface area contributed by atoms with Crippen LogP contribution in [0, 0.1) is 0 Å². The number of rotatable bonds is 3. The van der Waals surface area contributed by atoms with Crippen LogP contribution >= 0.6 is 15.9 Å². The molecule has 0 fully saturated rings. The average Bonchev–Trinajstić information content (AvgIpc) is 2.91. The van der Waals surface area contributed by atoms with Gasteiger partial charge in [0.25, 0.3) is 5.91 Å². The number of aromatic amines is 1. The monoisotopic (exact) mass is 350 g/mol. The van der Waals surface area contributed by atoms with Gasteiger partial charge in [-0.25, -0.2) is 0 Å². The van der Waals surface area contributed by atoms with Gasteiger partial charge in [-0.3, -0.25) is 9.89 Å². The Balaban J connectivity index is 1.87. The third kappa shape index (κ3) is 2.79. The van der Waals surface area contributed by atoms with Crippen LogP contribution in [0.1, 0.15) is 21.7 Å². The first-order valence-corrected chi connectivity index (χ1v) is 7.40. The van der Waals surface area contributed by atoms with Crippen molar-refractivity contribution in [1.82, 2.24) is 15.5 Å². The Kier molecular flexibility index (Phi) is 3.94. The maximum Gasteiger partial charge on any atom is 0.276 e. The Morgan fingerprint density at radius 1 is 1.48 bits per heavy atom. The topological polar surface area (TPSA) is 79.0 Å². The molecule has 2 heterocycles. The van der Waals surface area contributed by atoms with Gasteiger partial charge in [0.2, 0.25) is 0 Å². The van der Waals surface area contributed by atoms with E-state index in [1.807, 2.05) is 6.07 Å². The average molecular weight is 351 g/mol. The zero-order valence-corrected chi connectivity index (χ0v) is 13.1. The number of carbonyl (C=O) groups is 1. The van der Waals surface area contributed by atoms with Crippen molar-refractivity contribution >= 4 is 27.5 Å². The van der Waals surface area contributed by atoms with Gasteiger partial charge >= 0.3 is 0 Å². The first-order valence-electron chi connectivity index (χ1n) is 6.60. The molecular formula is C14H15BrN4O2. The summed E-state index contributed by atoms with van der Waals surface area (Å²) >= 11 is 3.39. The van der Waals surface area contributed by atoms with Gasteiger partial charge in [-0.1, -0.05) is 15.9 Å². The van der Waals surface area contributed by atoms with Crippen molar-refractivity contribution in [1.29, 1.82) is 0 Å². The minimum absolute atomic E-state index is 0.243. The quantitative estimate of drug-likeness (QED) is 0.791. The van der Waals surface area contributed by atoms with E-state index in [0.717, 1.165) is 28.7 Å². The molecule has 0 unspecified atom stereocenters. The lowest BCUT2D eigenvalue weighted by Crippen LogP contribution is -2.25. The van der Waals surface area contributed by atoms with Crippen molar-refractivity contribution in [3.05, 3.63) is 39.6 Å². The number of halogens is 1. The highest BCUT2D eigenvalue weighted by molar-refractivity contribution is 9.10. The maximum atomic E-state index is 12.4. The van der Waals surface area contributed by atoms with Gasteiger partial charge in [-0.15, -0.1) is 0 Å². The fraction of sp³-hybridized carbons (Fsp3) is 0.286. The number of aromatic nitrogens is 2. The van der Waals surface area contributed by atoms with E-state index < -0.39 is 0 Å². The van der Waals surface area contributed by atoms with Crippen LogP contribution in [0.2, 0.25) is 0 Å². The van der Waals surface area contributed by atoms with Crippen molar-refractivity contribution in [2.24, 2.45) is 0 Å². The molecule has 2 aromatic rings. The highest BCUT2D eigenvalue weighted by Crippen LogP contribution is 2.28. The number of benzene rings is 1. The van der Waals surface area contributed by atoms with E-state index in [4.69, 9.17) is 4.74 Å². The molecule has 1 aliphatic rings. The standard InChI is InChI=1S/C14H15BrN4O2/c1-21-12-3-2-8(15)6-11(12)17-14(20)13-9-7-16-5-4-10(9)18-19-13/h2-3,6,16H,4-5,7H2,1H3,(H,17,20)(H,18,19). The molecule has 110 valence electrons. The number of H-pyrrole nitrogens is 1. The van der Waals surface area contributed by atoms with E-state index in [1.165, 1.54) is 0 Å². The molecule has 0 spiro atoms. The zero-order chi connectivity index (χ0) is 14.8. The third-order valence-electron chi connectivity index (χ3n) is 3.43. The van der Waals surface area contributed by atoms with E-state index in [9.17, 15) is 4.79 Å². The molecule has 1 amide bonds. The van der Waals surface area contributed by atoms with Crippen molar-refractivity contribution in [2.45, 2.75) is 13.0 Å². The van der Waals surface area contributed by atoms with Gasteiger partial charge in [-0.05, 0) is 18.2 Å². The molecule has 1 aliphatic heterocycles. The van der Waals surface area contributed by atoms with Crippen LogP contribution in [0.25, 0.3) is 0 Å². The third-order valence-corrected chi connectivity index (χ3v) is 3.92. The van der Waals surface area contributed by atoms with Crippen molar-refractivity contribution in [2.75, 3.05) is 19.0 Å². The van der Waals surface area contributed by atoms with E-state index in [1.54, 1.807) is 19.2 Å². The molecule has 1 aromatic carbocycles. The van der Waals surface area contributed by atoms with Crippen LogP contribution in [0.5, 0.6) is 5.75 Å². The smallest absolute Gasteiger partial charge is 0.276 e. The predicted molar refractivity (Wildman–Crippen MR) is 82.6 cm³/mol. The second-order valence-corrected chi connectivity index (χ2v) is 5.67. The second kappa shape index (κ2) is 5.87. The second-order valence-electron chi connectivity index (χ2n) is 4.75. The maximum absolute atomic E-state index is 12.4. The number of carbonyl (C=O) groups excluding carboxylic acids is 1. The number of nitrogens with one attached hydrogen (secondary N) is 3. The molecule has 0 saturated heterocycles. The molecule has 0 aliphatic carbocycles. The molecule has 21 heavy (non-hydrogen) atoms. The Hall–Kier alpha value is -1.86. The summed E-state index contributed by atoms with van der Waals surface area (Å²) in [7, 11) is 1.57. The van der Waals surface area contributed by atoms with Crippen LogP contribution in [-0.4, -0.2) is 29.8 Å². The van der Waals surface area contributed by atoms with E-state index in [2.05, 4.69) is 36.8 Å². The fourth-order valence-corrected chi connectivity index (χ4v) is 2.73. The minimum Gasteiger partial charge on any atom is -0.495 e. The predicted octanol–water partition coefficient (Wildman–Crippen LogP) is 2.08. The minimum atomic E-state index is -0.243. The van der Waals surface area contributed by atoms with Crippen LogP contribution < -0.4 is 15.4 Å². The summed E-state index contributed by atoms with van der Waals surface area (Å²) in [5.74, 6) is 0.363. The largest absolute Gasteiger partial charge is 0.495 e. The van der Waals surface area contributed by atoms with E-state index >= 15 is 0 Å². The number of fused-ring (bicyclic) bond motifs is 1. The highest BCUT2D eigenvalue weighted by atomic mass is 79.9. The summed E-state index contributed by atoms with van der Waals surface area (Å²) in [5, 5.41) is 13.2. The van der Waals surface area contributed by atoms with E-state index in [0.29, 0.717) is 23.7 Å². The number of ether oxygens (including phenoxy) is 1. The number of hydrogen-bond acceptors (Lipinski definition) is 4. The Labute approximate surface area is 130 Å². The molecule has 0 atom stereocenters. The normalized spacial score (nSPS) is 13.6. The number of anilines is 1. The Morgan fingerprint density at radius 3 is 3.14 bits per heavy atom. The first kappa shape index (κ1) is 14.1. The molecule has 0 radical (unpaired) electrons. The number of methoxy groups -OCH3 is 1. The Morgan fingerprint density at radius 2 is 2.33 bits per heavy atom. The van der Waals surface area contributed by atoms with Gasteiger partial charge in [0.15, 0.2) is 5.69 Å². The molecule has 6 nitrogen and oxygen atoms in total. The van der Waals surface area contributed by atoms with Crippen LogP contribution in [-0.2, 0) is 13.0 Å². The summed E-state index contributed by atoms with van der Waals surface area (Å²) in [6, 6.07) is 5.45. The van der Waals surface area contributed by atoms with Crippen molar-refractivity contribution in [3.8, 4) is 5.75 Å². The van der Waals surface area contributed by atoms with Gasteiger partial charge in [-0.2, -0.15) is 5.10 Å². The zero-order valence-electron chi connectivity index (χ0n) is 11.5. The molecule has 7 heteroatoms. The molecule has 3 N–H and O–H groups in total. The summed E-state index contributed by atoms with van der Waals surface area (Å²) in [6.45, 7) is 1.56. The summed E-state index contributed by atoms with van der Waals surface area (Å²) in [5.41, 5.74) is 3.00. The van der Waals surface area contributed by atoms with E-state index in [-0.39, 0.29) is 5.91 Å². The first-order chi connectivity index (χ1) is 10.2. The molecule has 0 saturated carbocycles. The van der Waals surface area contributed by atoms with Crippen molar-refractivity contribution in [3.63, 3.8) is 0 Å². The van der Waals surface area contributed by atoms with Gasteiger partial charge in [0.1, 0.15) is 5.75 Å². The number of hydrogen-bond donors (Lipinski definition) is 3. The lowest BCUT2D eigenvalue weighted by Gasteiger charge is -2.13. The lowest BCUT2D eigenvalue weighted by atomic mass is 10.1. The molecular weight excluding hydrogens is 336 g/mol. The van der Waals surface area contributed by atoms with Gasteiger partial charge in [0, 0.05) is 35.2 Å². The molecule has 3 rings (SSSR count). The number of nitrogens with zero attached hydrogens (tertiary/aromatic N) is 1. The summed E-state index contributed by atoms with van der Waals surface area (Å²) < 4.78 is 6.12. The molecule has 1 aromatic heterocycles. The van der Waals surface area contributed by atoms with Crippen molar-refractivity contribution < 1.29 is 9.53 Å². The van der Waals surface area contributed by atoms with Gasteiger partial charge < -0.3 is 15.4 Å². The van der Waals surface area contributed by atoms with Gasteiger partial charge in [0.05, 0.1) is 12.8 Å². The summed E-state index contributed by atoms with van der Waals surface area (Å²) in [4.78, 5) is 12.4. The summed E-state index contributed by atoms with van der Waals surface area (Å²) in [6.07, 6.45) is 0.857. The van der Waals surface area contributed by atoms with Crippen LogP contribution in [0.3, 0.4) is 0 Å². The fourth-order valence-electron chi connectivity index (χ4n) is 2.37. The van der Waals surface area contributed by atoms with Crippen LogP contribution in [0.4, 0.5) is 5.69 Å². The Bertz CT molecular complexity index is 684. The van der Waals surface area contributed by atoms with Crippen LogP contribution in [0.15, 0.2) is 22.7 Å². The molecule has 0 bridgehead atoms.